The minimum absolute atomic E-state index is 0.111. The zero-order valence-electron chi connectivity index (χ0n) is 7.73. The van der Waals surface area contributed by atoms with Crippen LogP contribution >= 0.6 is 0 Å². The fourth-order valence-corrected chi connectivity index (χ4v) is 0.487. The summed E-state index contributed by atoms with van der Waals surface area (Å²) >= 11 is 0. The number of rotatable bonds is 2. The Kier molecular flexibility index (Phi) is 3.94. The standard InChI is InChI=1S/C2H2N10.CH5N3/c3(1-5-9-10-6-1)4-2-7-11-12-8-2;2-1(3)4/h(H,5,6,9,10)(H,7,8,11,12);(H5,2,3,4). The molecule has 2 aromatic rings. The van der Waals surface area contributed by atoms with E-state index in [-0.39, 0.29) is 17.9 Å². The summed E-state index contributed by atoms with van der Waals surface area (Å²) in [6, 6.07) is 0. The third kappa shape index (κ3) is 4.30. The van der Waals surface area contributed by atoms with Crippen molar-refractivity contribution in [1.82, 2.24) is 41.2 Å². The van der Waals surface area contributed by atoms with Crippen LogP contribution in [0.4, 0.5) is 11.9 Å². The third-order valence-corrected chi connectivity index (χ3v) is 0.897. The van der Waals surface area contributed by atoms with Gasteiger partial charge in [-0.15, -0.1) is 20.4 Å². The Morgan fingerprint density at radius 2 is 1.38 bits per heavy atom. The van der Waals surface area contributed by atoms with Crippen LogP contribution in [0, 0.1) is 5.41 Å². The topological polar surface area (TPSA) is 210 Å². The number of nitrogens with zero attached hydrogens (tertiary/aromatic N) is 8. The molecule has 0 saturated heterocycles. The second-order valence-corrected chi connectivity index (χ2v) is 2.08. The van der Waals surface area contributed by atoms with Crippen molar-refractivity contribution in [2.45, 2.75) is 0 Å². The minimum atomic E-state index is -0.333. The number of nitrogens with one attached hydrogen (secondary N) is 3. The van der Waals surface area contributed by atoms with Crippen LogP contribution in [0.3, 0.4) is 0 Å². The molecule has 0 spiro atoms. The molecule has 0 saturated carbocycles. The smallest absolute Gasteiger partial charge is 0.307 e. The average molecular weight is 225 g/mol. The van der Waals surface area contributed by atoms with E-state index < -0.39 is 0 Å². The van der Waals surface area contributed by atoms with E-state index in [1.165, 1.54) is 0 Å². The number of aromatic amines is 2. The number of hydrogen-bond acceptors (Lipinski definition) is 9. The van der Waals surface area contributed by atoms with Crippen LogP contribution in [0.25, 0.3) is 0 Å². The van der Waals surface area contributed by atoms with Crippen molar-refractivity contribution >= 4 is 17.9 Å². The van der Waals surface area contributed by atoms with E-state index >= 15 is 0 Å². The lowest BCUT2D eigenvalue weighted by molar-refractivity contribution is 0.881. The Hall–Kier alpha value is -2.99. The normalized spacial score (nSPS) is 9.75. The Morgan fingerprint density at radius 1 is 1.00 bits per heavy atom. The van der Waals surface area contributed by atoms with Gasteiger partial charge in [-0.05, 0) is 10.4 Å². The van der Waals surface area contributed by atoms with Crippen LogP contribution in [0.5, 0.6) is 0 Å². The lowest BCUT2D eigenvalue weighted by Crippen LogP contribution is -2.20. The van der Waals surface area contributed by atoms with Gasteiger partial charge in [0.1, 0.15) is 0 Å². The molecule has 0 amide bonds. The fourth-order valence-electron chi connectivity index (χ4n) is 0.487. The van der Waals surface area contributed by atoms with Gasteiger partial charge in [0.25, 0.3) is 0 Å². The molecule has 0 radical (unpaired) electrons. The van der Waals surface area contributed by atoms with Gasteiger partial charge >= 0.3 is 11.9 Å². The maximum absolute atomic E-state index is 6.06. The van der Waals surface area contributed by atoms with Gasteiger partial charge < -0.3 is 11.5 Å². The molecule has 0 aliphatic rings. The number of guanidine groups is 1. The zero-order valence-corrected chi connectivity index (χ0v) is 7.73. The molecule has 2 rings (SSSR count). The summed E-state index contributed by atoms with van der Waals surface area (Å²) in [6.45, 7) is 0. The summed E-state index contributed by atoms with van der Waals surface area (Å²) < 4.78 is 0. The molecule has 84 valence electrons. The molecule has 0 fully saturated rings. The van der Waals surface area contributed by atoms with E-state index in [0.29, 0.717) is 0 Å². The first-order chi connectivity index (χ1) is 7.68. The van der Waals surface area contributed by atoms with E-state index in [1.54, 1.807) is 0 Å². The van der Waals surface area contributed by atoms with Crippen molar-refractivity contribution in [3.63, 3.8) is 0 Å². The van der Waals surface area contributed by atoms with Gasteiger partial charge in [-0.25, -0.2) is 0 Å². The highest BCUT2D eigenvalue weighted by Crippen LogP contribution is 2.04. The highest BCUT2D eigenvalue weighted by atomic mass is 15.5. The van der Waals surface area contributed by atoms with Crippen molar-refractivity contribution in [2.75, 3.05) is 0 Å². The Balaban J connectivity index is 0.000000280. The van der Waals surface area contributed by atoms with Gasteiger partial charge in [-0.2, -0.15) is 10.4 Å². The molecule has 0 unspecified atom stereocenters. The first kappa shape index (κ1) is 11.1. The fraction of sp³-hybridized carbons (Fsp3) is 0. The van der Waals surface area contributed by atoms with E-state index in [9.17, 15) is 0 Å². The number of aromatic nitrogens is 8. The van der Waals surface area contributed by atoms with Crippen LogP contribution in [0.15, 0.2) is 10.2 Å². The molecule has 16 heavy (non-hydrogen) atoms. The quantitative estimate of drug-likeness (QED) is 0.218. The Labute approximate surface area is 87.2 Å². The van der Waals surface area contributed by atoms with Gasteiger partial charge in [0.05, 0.1) is 0 Å². The third-order valence-electron chi connectivity index (χ3n) is 0.897. The second kappa shape index (κ2) is 5.68. The van der Waals surface area contributed by atoms with Crippen LogP contribution in [-0.4, -0.2) is 47.2 Å². The predicted octanol–water partition coefficient (Wildman–Crippen LogP) is -2.03. The lowest BCUT2D eigenvalue weighted by Gasteiger charge is -1.74. The van der Waals surface area contributed by atoms with E-state index in [0.717, 1.165) is 0 Å². The first-order valence-electron chi connectivity index (χ1n) is 3.66. The largest absolute Gasteiger partial charge is 0.370 e. The highest BCUT2D eigenvalue weighted by Gasteiger charge is 1.95. The number of hydrogen-bond donors (Lipinski definition) is 5. The van der Waals surface area contributed by atoms with E-state index in [1.807, 2.05) is 0 Å². The highest BCUT2D eigenvalue weighted by molar-refractivity contribution is 5.71. The van der Waals surface area contributed by atoms with Crippen molar-refractivity contribution in [3.05, 3.63) is 0 Å². The van der Waals surface area contributed by atoms with Crippen molar-refractivity contribution in [3.8, 4) is 0 Å². The number of azo groups is 1. The molecular formula is C3H7N13. The monoisotopic (exact) mass is 225 g/mol. The van der Waals surface area contributed by atoms with Gasteiger partial charge in [-0.1, -0.05) is 10.2 Å². The van der Waals surface area contributed by atoms with Crippen LogP contribution < -0.4 is 11.5 Å². The molecule has 0 aliphatic heterocycles. The molecule has 13 heteroatoms. The molecule has 0 aliphatic carbocycles. The Bertz CT molecular complexity index is 381. The van der Waals surface area contributed by atoms with E-state index in [2.05, 4.69) is 62.9 Å². The predicted molar refractivity (Wildman–Crippen MR) is 48.6 cm³/mol. The van der Waals surface area contributed by atoms with Crippen molar-refractivity contribution < 1.29 is 0 Å². The minimum Gasteiger partial charge on any atom is -0.370 e. The lowest BCUT2D eigenvalue weighted by atomic mass is 11.1. The number of nitrogens with two attached hydrogens (primary N) is 2. The number of tetrazole rings is 2. The Morgan fingerprint density at radius 3 is 1.62 bits per heavy atom. The van der Waals surface area contributed by atoms with Crippen molar-refractivity contribution in [1.29, 1.82) is 5.41 Å². The molecule has 13 nitrogen and oxygen atoms in total. The maximum Gasteiger partial charge on any atom is 0.307 e. The van der Waals surface area contributed by atoms with Crippen LogP contribution in [0.1, 0.15) is 0 Å². The van der Waals surface area contributed by atoms with Crippen LogP contribution in [0.2, 0.25) is 0 Å². The van der Waals surface area contributed by atoms with Crippen molar-refractivity contribution in [2.24, 2.45) is 21.7 Å². The van der Waals surface area contributed by atoms with Gasteiger partial charge in [0.2, 0.25) is 0 Å². The molecule has 2 heterocycles. The molecule has 0 bridgehead atoms. The first-order valence-corrected chi connectivity index (χ1v) is 3.66. The maximum atomic E-state index is 6.06. The van der Waals surface area contributed by atoms with Gasteiger partial charge in [0.15, 0.2) is 5.96 Å². The molecule has 2 aromatic heterocycles. The van der Waals surface area contributed by atoms with Crippen LogP contribution in [-0.2, 0) is 0 Å². The van der Waals surface area contributed by atoms with Gasteiger partial charge in [0, 0.05) is 0 Å². The molecule has 7 N–H and O–H groups in total. The zero-order chi connectivity index (χ0) is 11.8. The summed E-state index contributed by atoms with van der Waals surface area (Å²) in [6.07, 6.45) is 0. The summed E-state index contributed by atoms with van der Waals surface area (Å²) in [7, 11) is 0. The SMILES string of the molecule is N(=Nc1nn[nH]n1)c1nn[nH]n1.N=C(N)N. The molecular weight excluding hydrogens is 218 g/mol. The summed E-state index contributed by atoms with van der Waals surface area (Å²) in [5.74, 6) is -0.111. The second-order valence-electron chi connectivity index (χ2n) is 2.08. The van der Waals surface area contributed by atoms with Gasteiger partial charge in [-0.3, -0.25) is 5.41 Å². The van der Waals surface area contributed by atoms with E-state index in [4.69, 9.17) is 5.41 Å². The average Bonchev–Trinajstić information content (AvgIpc) is 2.87. The summed E-state index contributed by atoms with van der Waals surface area (Å²) in [5, 5.41) is 38.2. The molecule has 0 atom stereocenters. The summed E-state index contributed by atoms with van der Waals surface area (Å²) in [4.78, 5) is 0. The summed E-state index contributed by atoms with van der Waals surface area (Å²) in [5.41, 5.74) is 8.94. The number of H-pyrrole nitrogens is 2. The molecule has 0 aromatic carbocycles.